The predicted octanol–water partition coefficient (Wildman–Crippen LogP) is 6.32. The van der Waals surface area contributed by atoms with Crippen molar-refractivity contribution in [2.45, 2.75) is 39.1 Å². The van der Waals surface area contributed by atoms with Crippen LogP contribution in [0.3, 0.4) is 0 Å². The van der Waals surface area contributed by atoms with Crippen LogP contribution in [0.5, 0.6) is 5.75 Å². The minimum Gasteiger partial charge on any atom is -0.492 e. The normalized spacial score (nSPS) is 11.6. The summed E-state index contributed by atoms with van der Waals surface area (Å²) in [5, 5.41) is 0.584. The summed E-state index contributed by atoms with van der Waals surface area (Å²) in [6, 6.07) is 21.5. The van der Waals surface area contributed by atoms with Crippen LogP contribution in [-0.2, 0) is 16.6 Å². The van der Waals surface area contributed by atoms with E-state index >= 15 is 0 Å². The third kappa shape index (κ3) is 7.67. The first kappa shape index (κ1) is 33.5. The van der Waals surface area contributed by atoms with Crippen molar-refractivity contribution in [2.24, 2.45) is 0 Å². The maximum atomic E-state index is 13.9. The standard InChI is InChI=1S/C31H38N4O4S2.ClH/c1-5-33(6-2)21-22-35(31-32-29-27(39-8-4)15-12-16-28(29)40-31)30(36)25-17-19-26(20-18-25)41(37,38)34(7-3)23-24-13-10-9-11-14-24;/h9-20H,5-8,21-23H2,1-4H3;1H. The number of fused-ring (bicyclic) bond motifs is 1. The van der Waals surface area contributed by atoms with E-state index in [1.54, 1.807) is 17.0 Å². The lowest BCUT2D eigenvalue weighted by Crippen LogP contribution is -2.39. The van der Waals surface area contributed by atoms with Crippen LogP contribution in [0.4, 0.5) is 5.13 Å². The van der Waals surface area contributed by atoms with Gasteiger partial charge < -0.3 is 9.64 Å². The molecule has 0 aliphatic heterocycles. The zero-order valence-corrected chi connectivity index (χ0v) is 27.0. The maximum Gasteiger partial charge on any atom is 0.260 e. The van der Waals surface area contributed by atoms with Gasteiger partial charge in [0.1, 0.15) is 11.3 Å². The number of para-hydroxylation sites is 1. The third-order valence-corrected chi connectivity index (χ3v) is 9.95. The molecule has 1 heterocycles. The Labute approximate surface area is 259 Å². The van der Waals surface area contributed by atoms with Crippen molar-refractivity contribution >= 4 is 55.0 Å². The van der Waals surface area contributed by atoms with Crippen LogP contribution in [0.15, 0.2) is 77.7 Å². The molecule has 226 valence electrons. The number of hydrogen-bond acceptors (Lipinski definition) is 7. The van der Waals surface area contributed by atoms with E-state index in [9.17, 15) is 13.2 Å². The SMILES string of the molecule is CCOc1cccc2sc(N(CCN(CC)CC)C(=O)c3ccc(S(=O)(=O)N(CC)Cc4ccccc4)cc3)nc12.Cl. The molecular weight excluding hydrogens is 592 g/mol. The Morgan fingerprint density at radius 1 is 0.857 bits per heavy atom. The Hall–Kier alpha value is -3.02. The summed E-state index contributed by atoms with van der Waals surface area (Å²) in [5.41, 5.74) is 2.05. The highest BCUT2D eigenvalue weighted by Crippen LogP contribution is 2.35. The molecule has 0 bridgehead atoms. The number of rotatable bonds is 14. The molecule has 0 spiro atoms. The largest absolute Gasteiger partial charge is 0.492 e. The lowest BCUT2D eigenvalue weighted by molar-refractivity contribution is 0.0983. The van der Waals surface area contributed by atoms with Crippen LogP contribution in [0.2, 0.25) is 0 Å². The average Bonchev–Trinajstić information content (AvgIpc) is 3.43. The number of amides is 1. The highest BCUT2D eigenvalue weighted by molar-refractivity contribution is 7.89. The second-order valence-electron chi connectivity index (χ2n) is 9.46. The van der Waals surface area contributed by atoms with Crippen molar-refractivity contribution in [3.8, 4) is 5.75 Å². The summed E-state index contributed by atoms with van der Waals surface area (Å²) in [4.78, 5) is 22.8. The van der Waals surface area contributed by atoms with Gasteiger partial charge in [0.2, 0.25) is 10.0 Å². The van der Waals surface area contributed by atoms with Gasteiger partial charge in [-0.3, -0.25) is 9.69 Å². The van der Waals surface area contributed by atoms with Gasteiger partial charge in [-0.25, -0.2) is 13.4 Å². The fourth-order valence-corrected chi connectivity index (χ4v) is 7.04. The zero-order chi connectivity index (χ0) is 29.4. The van der Waals surface area contributed by atoms with Crippen LogP contribution in [0, 0.1) is 0 Å². The molecule has 4 aromatic rings. The molecule has 3 aromatic carbocycles. The zero-order valence-electron chi connectivity index (χ0n) is 24.5. The summed E-state index contributed by atoms with van der Waals surface area (Å²) in [7, 11) is -3.74. The molecule has 0 saturated carbocycles. The lowest BCUT2D eigenvalue weighted by Gasteiger charge is -2.25. The summed E-state index contributed by atoms with van der Waals surface area (Å²) in [5.74, 6) is 0.462. The van der Waals surface area contributed by atoms with Crippen LogP contribution in [-0.4, -0.2) is 67.8 Å². The van der Waals surface area contributed by atoms with E-state index < -0.39 is 10.0 Å². The van der Waals surface area contributed by atoms with Gasteiger partial charge in [-0.2, -0.15) is 4.31 Å². The van der Waals surface area contributed by atoms with Crippen molar-refractivity contribution in [1.29, 1.82) is 0 Å². The van der Waals surface area contributed by atoms with Crippen molar-refractivity contribution in [3.05, 3.63) is 83.9 Å². The predicted molar refractivity (Wildman–Crippen MR) is 174 cm³/mol. The lowest BCUT2D eigenvalue weighted by atomic mass is 10.2. The molecule has 0 aliphatic carbocycles. The maximum absolute atomic E-state index is 13.9. The first-order valence-corrected chi connectivity index (χ1v) is 16.3. The monoisotopic (exact) mass is 630 g/mol. The van der Waals surface area contributed by atoms with Crippen molar-refractivity contribution in [1.82, 2.24) is 14.2 Å². The Morgan fingerprint density at radius 3 is 2.17 bits per heavy atom. The fraction of sp³-hybridized carbons (Fsp3) is 0.355. The number of carbonyl (C=O) groups is 1. The Bertz CT molecular complexity index is 1540. The van der Waals surface area contributed by atoms with Gasteiger partial charge in [-0.15, -0.1) is 12.4 Å². The number of likely N-dealkylation sites (N-methyl/N-ethyl adjacent to an activating group) is 1. The number of sulfonamides is 1. The molecule has 0 fully saturated rings. The van der Waals surface area contributed by atoms with E-state index in [1.807, 2.05) is 62.4 Å². The van der Waals surface area contributed by atoms with Crippen LogP contribution in [0.1, 0.15) is 43.6 Å². The van der Waals surface area contributed by atoms with Gasteiger partial charge in [0.25, 0.3) is 5.91 Å². The molecular formula is C31H39ClN4O4S2. The molecule has 0 radical (unpaired) electrons. The van der Waals surface area contributed by atoms with E-state index in [-0.39, 0.29) is 29.8 Å². The number of thiazole rings is 1. The topological polar surface area (TPSA) is 83.0 Å². The second-order valence-corrected chi connectivity index (χ2v) is 12.4. The average molecular weight is 631 g/mol. The molecule has 8 nitrogen and oxygen atoms in total. The molecule has 0 N–H and O–H groups in total. The molecule has 0 unspecified atom stereocenters. The Balaban J connectivity index is 0.00000484. The number of aromatic nitrogens is 1. The minimum absolute atomic E-state index is 0. The number of carbonyl (C=O) groups excluding carboxylic acids is 1. The smallest absolute Gasteiger partial charge is 0.260 e. The fourth-order valence-electron chi connectivity index (χ4n) is 4.59. The quantitative estimate of drug-likeness (QED) is 0.162. The molecule has 0 aliphatic rings. The number of anilines is 1. The van der Waals surface area contributed by atoms with E-state index in [1.165, 1.54) is 27.8 Å². The molecule has 1 amide bonds. The van der Waals surface area contributed by atoms with Gasteiger partial charge >= 0.3 is 0 Å². The number of nitrogens with zero attached hydrogens (tertiary/aromatic N) is 4. The number of hydrogen-bond donors (Lipinski definition) is 0. The number of halogens is 1. The van der Waals surface area contributed by atoms with Crippen LogP contribution < -0.4 is 9.64 Å². The summed E-state index contributed by atoms with van der Waals surface area (Å²) >= 11 is 1.44. The first-order valence-electron chi connectivity index (χ1n) is 14.0. The second kappa shape index (κ2) is 15.5. The van der Waals surface area contributed by atoms with E-state index in [2.05, 4.69) is 18.7 Å². The van der Waals surface area contributed by atoms with Gasteiger partial charge in [0, 0.05) is 31.7 Å². The summed E-state index contributed by atoms with van der Waals surface area (Å²) in [6.45, 7) is 11.9. The molecule has 0 saturated heterocycles. The molecule has 0 atom stereocenters. The Kier molecular flexibility index (Phi) is 12.3. The molecule has 1 aromatic heterocycles. The Morgan fingerprint density at radius 2 is 1.55 bits per heavy atom. The summed E-state index contributed by atoms with van der Waals surface area (Å²) < 4.78 is 35.0. The van der Waals surface area contributed by atoms with Gasteiger partial charge in [-0.05, 0) is 62.0 Å². The molecule has 4 rings (SSSR count). The third-order valence-electron chi connectivity index (χ3n) is 6.97. The van der Waals surface area contributed by atoms with Gasteiger partial charge in [0.05, 0.1) is 16.2 Å². The van der Waals surface area contributed by atoms with Crippen LogP contribution in [0.25, 0.3) is 10.2 Å². The number of benzene rings is 3. The van der Waals surface area contributed by atoms with E-state index in [4.69, 9.17) is 9.72 Å². The van der Waals surface area contributed by atoms with Crippen molar-refractivity contribution in [2.75, 3.05) is 44.2 Å². The molecule has 42 heavy (non-hydrogen) atoms. The van der Waals surface area contributed by atoms with E-state index in [0.717, 1.165) is 28.9 Å². The highest BCUT2D eigenvalue weighted by atomic mass is 35.5. The molecule has 11 heteroatoms. The summed E-state index contributed by atoms with van der Waals surface area (Å²) in [6.07, 6.45) is 0. The van der Waals surface area contributed by atoms with Crippen LogP contribution >= 0.6 is 23.7 Å². The van der Waals surface area contributed by atoms with Crippen molar-refractivity contribution in [3.63, 3.8) is 0 Å². The van der Waals surface area contributed by atoms with Crippen molar-refractivity contribution < 1.29 is 17.9 Å². The highest BCUT2D eigenvalue weighted by Gasteiger charge is 2.26. The minimum atomic E-state index is -3.74. The first-order chi connectivity index (χ1) is 19.8. The van der Waals surface area contributed by atoms with Gasteiger partial charge in [-0.1, -0.05) is 68.5 Å². The van der Waals surface area contributed by atoms with E-state index in [0.29, 0.717) is 42.7 Å². The number of ether oxygens (including phenoxy) is 1. The van der Waals surface area contributed by atoms with Gasteiger partial charge in [0.15, 0.2) is 5.13 Å².